The zero-order valence-corrected chi connectivity index (χ0v) is 12.0. The fourth-order valence-corrected chi connectivity index (χ4v) is 2.37. The highest BCUT2D eigenvalue weighted by Gasteiger charge is 2.18. The average Bonchev–Trinajstić information content (AvgIpc) is 2.35. The van der Waals surface area contributed by atoms with E-state index in [1.807, 2.05) is 12.1 Å². The molecular formula is C13H18BrNO2. The van der Waals surface area contributed by atoms with E-state index in [0.29, 0.717) is 17.2 Å². The van der Waals surface area contributed by atoms with Gasteiger partial charge in [-0.15, -0.1) is 0 Å². The summed E-state index contributed by atoms with van der Waals surface area (Å²) < 4.78 is 5.17. The van der Waals surface area contributed by atoms with Gasteiger partial charge < -0.3 is 10.1 Å². The van der Waals surface area contributed by atoms with Crippen molar-refractivity contribution in [2.75, 3.05) is 12.4 Å². The molecule has 0 aliphatic carbocycles. The van der Waals surface area contributed by atoms with Crippen LogP contribution in [0.25, 0.3) is 0 Å². The summed E-state index contributed by atoms with van der Waals surface area (Å²) in [6.45, 7) is 4.16. The van der Waals surface area contributed by atoms with Crippen molar-refractivity contribution in [3.8, 4) is 5.75 Å². The SMILES string of the molecule is COc1ccccc1C(=O)NC(CBr)C(C)C. The summed E-state index contributed by atoms with van der Waals surface area (Å²) in [7, 11) is 1.57. The van der Waals surface area contributed by atoms with Crippen LogP contribution in [0.3, 0.4) is 0 Å². The quantitative estimate of drug-likeness (QED) is 0.849. The van der Waals surface area contributed by atoms with Gasteiger partial charge in [0, 0.05) is 11.4 Å². The Balaban J connectivity index is 2.82. The molecule has 1 rings (SSSR count). The van der Waals surface area contributed by atoms with Crippen LogP contribution in [0.15, 0.2) is 24.3 Å². The first-order valence-corrected chi connectivity index (χ1v) is 6.72. The van der Waals surface area contributed by atoms with Crippen molar-refractivity contribution in [2.24, 2.45) is 5.92 Å². The molecule has 1 aromatic carbocycles. The zero-order chi connectivity index (χ0) is 12.8. The van der Waals surface area contributed by atoms with E-state index in [1.54, 1.807) is 19.2 Å². The van der Waals surface area contributed by atoms with Crippen molar-refractivity contribution in [2.45, 2.75) is 19.9 Å². The maximum Gasteiger partial charge on any atom is 0.255 e. The molecule has 0 saturated carbocycles. The van der Waals surface area contributed by atoms with Crippen LogP contribution in [-0.2, 0) is 0 Å². The van der Waals surface area contributed by atoms with E-state index in [9.17, 15) is 4.79 Å². The summed E-state index contributed by atoms with van der Waals surface area (Å²) in [6, 6.07) is 7.34. The number of nitrogens with one attached hydrogen (secondary N) is 1. The van der Waals surface area contributed by atoms with Crippen molar-refractivity contribution >= 4 is 21.8 Å². The van der Waals surface area contributed by atoms with E-state index in [4.69, 9.17) is 4.74 Å². The third-order valence-electron chi connectivity index (χ3n) is 2.64. The number of ether oxygens (including phenoxy) is 1. The number of carbonyl (C=O) groups excluding carboxylic acids is 1. The Labute approximate surface area is 111 Å². The minimum Gasteiger partial charge on any atom is -0.496 e. The number of benzene rings is 1. The first-order chi connectivity index (χ1) is 8.10. The predicted octanol–water partition coefficient (Wildman–Crippen LogP) is 2.84. The molecule has 1 amide bonds. The Kier molecular flexibility index (Phi) is 5.48. The summed E-state index contributed by atoms with van der Waals surface area (Å²) in [5, 5.41) is 3.73. The van der Waals surface area contributed by atoms with Crippen LogP contribution in [0.4, 0.5) is 0 Å². The minimum absolute atomic E-state index is 0.0967. The molecule has 0 fully saturated rings. The van der Waals surface area contributed by atoms with E-state index >= 15 is 0 Å². The van der Waals surface area contributed by atoms with Gasteiger partial charge in [-0.25, -0.2) is 0 Å². The lowest BCUT2D eigenvalue weighted by atomic mass is 10.1. The number of methoxy groups -OCH3 is 1. The summed E-state index contributed by atoms with van der Waals surface area (Å²) >= 11 is 3.41. The van der Waals surface area contributed by atoms with Crippen LogP contribution in [-0.4, -0.2) is 24.4 Å². The number of amides is 1. The van der Waals surface area contributed by atoms with Gasteiger partial charge in [-0.05, 0) is 18.1 Å². The van der Waals surface area contributed by atoms with Gasteiger partial charge in [0.25, 0.3) is 5.91 Å². The molecule has 0 aliphatic rings. The lowest BCUT2D eigenvalue weighted by molar-refractivity contribution is 0.0928. The molecule has 0 spiro atoms. The first kappa shape index (κ1) is 14.0. The van der Waals surface area contributed by atoms with Crippen LogP contribution in [0.2, 0.25) is 0 Å². The Bertz CT molecular complexity index is 379. The minimum atomic E-state index is -0.0967. The number of hydrogen-bond acceptors (Lipinski definition) is 2. The molecule has 1 aromatic rings. The van der Waals surface area contributed by atoms with Gasteiger partial charge in [0.05, 0.1) is 12.7 Å². The molecule has 1 unspecified atom stereocenters. The van der Waals surface area contributed by atoms with Gasteiger partial charge >= 0.3 is 0 Å². The lowest BCUT2D eigenvalue weighted by Crippen LogP contribution is -2.39. The Morgan fingerprint density at radius 1 is 1.41 bits per heavy atom. The monoisotopic (exact) mass is 299 g/mol. The predicted molar refractivity (Wildman–Crippen MR) is 72.9 cm³/mol. The largest absolute Gasteiger partial charge is 0.496 e. The summed E-state index contributed by atoms with van der Waals surface area (Å²) in [4.78, 5) is 12.1. The third-order valence-corrected chi connectivity index (χ3v) is 3.34. The molecule has 4 heteroatoms. The van der Waals surface area contributed by atoms with E-state index < -0.39 is 0 Å². The molecule has 0 aliphatic heterocycles. The third kappa shape index (κ3) is 3.73. The standard InChI is InChI=1S/C13H18BrNO2/c1-9(2)11(8-14)15-13(16)10-6-4-5-7-12(10)17-3/h4-7,9,11H,8H2,1-3H3,(H,15,16). The number of halogens is 1. The highest BCUT2D eigenvalue weighted by Crippen LogP contribution is 2.17. The van der Waals surface area contributed by atoms with Gasteiger partial charge in [0.1, 0.15) is 5.75 Å². The van der Waals surface area contributed by atoms with Gasteiger partial charge in [0.15, 0.2) is 0 Å². The average molecular weight is 300 g/mol. The maximum absolute atomic E-state index is 12.1. The Hall–Kier alpha value is -1.03. The number of para-hydroxylation sites is 1. The van der Waals surface area contributed by atoms with Crippen molar-refractivity contribution in [1.82, 2.24) is 5.32 Å². The van der Waals surface area contributed by atoms with Gasteiger partial charge in [-0.3, -0.25) is 4.79 Å². The highest BCUT2D eigenvalue weighted by atomic mass is 79.9. The Morgan fingerprint density at radius 3 is 2.59 bits per heavy atom. The first-order valence-electron chi connectivity index (χ1n) is 5.60. The molecular weight excluding hydrogens is 282 g/mol. The topological polar surface area (TPSA) is 38.3 Å². The second-order valence-electron chi connectivity index (χ2n) is 4.18. The molecule has 1 atom stereocenters. The fraction of sp³-hybridized carbons (Fsp3) is 0.462. The van der Waals surface area contributed by atoms with E-state index in [0.717, 1.165) is 5.33 Å². The second kappa shape index (κ2) is 6.64. The van der Waals surface area contributed by atoms with Crippen LogP contribution < -0.4 is 10.1 Å². The van der Waals surface area contributed by atoms with Crippen molar-refractivity contribution in [3.63, 3.8) is 0 Å². The molecule has 0 radical (unpaired) electrons. The normalized spacial score (nSPS) is 12.3. The van der Waals surface area contributed by atoms with Crippen molar-refractivity contribution in [1.29, 1.82) is 0 Å². The van der Waals surface area contributed by atoms with Gasteiger partial charge in [-0.1, -0.05) is 41.9 Å². The van der Waals surface area contributed by atoms with Crippen LogP contribution >= 0.6 is 15.9 Å². The number of rotatable bonds is 5. The maximum atomic E-state index is 12.1. The second-order valence-corrected chi connectivity index (χ2v) is 4.83. The van der Waals surface area contributed by atoms with Gasteiger partial charge in [-0.2, -0.15) is 0 Å². The lowest BCUT2D eigenvalue weighted by Gasteiger charge is -2.20. The Morgan fingerprint density at radius 2 is 2.06 bits per heavy atom. The smallest absolute Gasteiger partial charge is 0.255 e. The number of hydrogen-bond donors (Lipinski definition) is 1. The van der Waals surface area contributed by atoms with E-state index in [-0.39, 0.29) is 11.9 Å². The van der Waals surface area contributed by atoms with E-state index in [1.165, 1.54) is 0 Å². The number of alkyl halides is 1. The fourth-order valence-electron chi connectivity index (χ4n) is 1.46. The summed E-state index contributed by atoms with van der Waals surface area (Å²) in [6.07, 6.45) is 0. The van der Waals surface area contributed by atoms with Crippen LogP contribution in [0.5, 0.6) is 5.75 Å². The molecule has 0 bridgehead atoms. The van der Waals surface area contributed by atoms with E-state index in [2.05, 4.69) is 35.1 Å². The van der Waals surface area contributed by atoms with Crippen LogP contribution in [0, 0.1) is 5.92 Å². The molecule has 3 nitrogen and oxygen atoms in total. The molecule has 17 heavy (non-hydrogen) atoms. The zero-order valence-electron chi connectivity index (χ0n) is 10.4. The molecule has 1 N–H and O–H groups in total. The molecule has 0 aromatic heterocycles. The van der Waals surface area contributed by atoms with Crippen molar-refractivity contribution < 1.29 is 9.53 Å². The highest BCUT2D eigenvalue weighted by molar-refractivity contribution is 9.09. The number of carbonyl (C=O) groups is 1. The van der Waals surface area contributed by atoms with Crippen molar-refractivity contribution in [3.05, 3.63) is 29.8 Å². The van der Waals surface area contributed by atoms with Crippen LogP contribution in [0.1, 0.15) is 24.2 Å². The molecule has 94 valence electrons. The molecule has 0 saturated heterocycles. The van der Waals surface area contributed by atoms with Gasteiger partial charge in [0.2, 0.25) is 0 Å². The summed E-state index contributed by atoms with van der Waals surface area (Å²) in [5.41, 5.74) is 0.571. The summed E-state index contributed by atoms with van der Waals surface area (Å²) in [5.74, 6) is 0.885. The molecule has 0 heterocycles.